The van der Waals surface area contributed by atoms with Crippen LogP contribution in [0.4, 0.5) is 0 Å². The fraction of sp³-hybridized carbons (Fsp3) is 0.619. The van der Waals surface area contributed by atoms with Gasteiger partial charge in [0.2, 0.25) is 11.8 Å². The van der Waals surface area contributed by atoms with Gasteiger partial charge >= 0.3 is 0 Å². The van der Waals surface area contributed by atoms with Crippen LogP contribution in [0.15, 0.2) is 12.1 Å². The van der Waals surface area contributed by atoms with Crippen LogP contribution in [-0.4, -0.2) is 56.7 Å². The van der Waals surface area contributed by atoms with Gasteiger partial charge in [-0.2, -0.15) is 0 Å². The quantitative estimate of drug-likeness (QED) is 0.800. The van der Waals surface area contributed by atoms with E-state index in [0.29, 0.717) is 37.6 Å². The van der Waals surface area contributed by atoms with Gasteiger partial charge in [-0.3, -0.25) is 9.59 Å². The van der Waals surface area contributed by atoms with Gasteiger partial charge in [-0.05, 0) is 48.9 Å². The minimum atomic E-state index is -0.194. The lowest BCUT2D eigenvalue weighted by Gasteiger charge is -2.30. The molecule has 3 unspecified atom stereocenters. The number of rotatable bonds is 6. The lowest BCUT2D eigenvalue weighted by Crippen LogP contribution is -2.38. The van der Waals surface area contributed by atoms with Crippen LogP contribution in [-0.2, 0) is 27.3 Å². The molecule has 1 saturated carbocycles. The molecule has 1 N–H and O–H groups in total. The van der Waals surface area contributed by atoms with Crippen molar-refractivity contribution in [3.63, 3.8) is 0 Å². The molecule has 3 aliphatic rings. The number of benzene rings is 1. The van der Waals surface area contributed by atoms with Crippen molar-refractivity contribution < 1.29 is 23.8 Å². The van der Waals surface area contributed by atoms with Crippen molar-refractivity contribution in [2.45, 2.75) is 38.3 Å². The Balaban J connectivity index is 1.33. The number of amides is 2. The molecule has 7 heteroatoms. The van der Waals surface area contributed by atoms with Crippen LogP contribution in [0.2, 0.25) is 0 Å². The Labute approximate surface area is 165 Å². The summed E-state index contributed by atoms with van der Waals surface area (Å²) in [6, 6.07) is 3.95. The van der Waals surface area contributed by atoms with Gasteiger partial charge in [0.15, 0.2) is 11.5 Å². The van der Waals surface area contributed by atoms with Crippen LogP contribution in [0.25, 0.3) is 0 Å². The molecule has 2 heterocycles. The zero-order valence-corrected chi connectivity index (χ0v) is 16.5. The maximum atomic E-state index is 12.9. The third kappa shape index (κ3) is 3.81. The lowest BCUT2D eigenvalue weighted by atomic mass is 9.98. The summed E-state index contributed by atoms with van der Waals surface area (Å²) in [6.07, 6.45) is 3.60. The van der Waals surface area contributed by atoms with Crippen molar-refractivity contribution in [1.29, 1.82) is 0 Å². The highest BCUT2D eigenvalue weighted by molar-refractivity contribution is 5.92. The van der Waals surface area contributed by atoms with Gasteiger partial charge in [0, 0.05) is 26.2 Å². The molecule has 2 fully saturated rings. The molecule has 1 aromatic rings. The van der Waals surface area contributed by atoms with E-state index in [1.807, 2.05) is 17.0 Å². The van der Waals surface area contributed by atoms with Crippen LogP contribution in [0.3, 0.4) is 0 Å². The van der Waals surface area contributed by atoms with Crippen molar-refractivity contribution in [2.24, 2.45) is 11.8 Å². The molecule has 2 aliphatic heterocycles. The molecule has 0 bridgehead atoms. The van der Waals surface area contributed by atoms with E-state index in [0.717, 1.165) is 31.4 Å². The number of nitrogens with zero attached hydrogens (tertiary/aromatic N) is 1. The summed E-state index contributed by atoms with van der Waals surface area (Å²) in [4.78, 5) is 27.1. The van der Waals surface area contributed by atoms with E-state index >= 15 is 0 Å². The second-order valence-electron chi connectivity index (χ2n) is 7.81. The second kappa shape index (κ2) is 7.99. The molecule has 0 spiro atoms. The highest BCUT2D eigenvalue weighted by atomic mass is 16.5. The maximum absolute atomic E-state index is 12.9. The van der Waals surface area contributed by atoms with Gasteiger partial charge in [-0.25, -0.2) is 0 Å². The van der Waals surface area contributed by atoms with Crippen LogP contribution in [0, 0.1) is 11.8 Å². The van der Waals surface area contributed by atoms with Gasteiger partial charge in [0.1, 0.15) is 0 Å². The topological polar surface area (TPSA) is 77.1 Å². The number of carbonyl (C=O) groups excluding carboxylic acids is 2. The van der Waals surface area contributed by atoms with E-state index in [2.05, 4.69) is 5.32 Å². The Bertz CT molecular complexity index is 759. The molecule has 4 rings (SSSR count). The molecule has 1 saturated heterocycles. The zero-order valence-electron chi connectivity index (χ0n) is 16.5. The standard InChI is InChI=1S/C21H28N2O5/c1-26-18-8-13-5-6-23(12-14(13)9-19(18)27-2)21(25)17-10-16(17)20(24)22-11-15-4-3-7-28-15/h8-9,15-17H,3-7,10-12H2,1-2H3,(H,22,24). The van der Waals surface area contributed by atoms with Gasteiger partial charge in [-0.1, -0.05) is 0 Å². The van der Waals surface area contributed by atoms with E-state index in [9.17, 15) is 9.59 Å². The van der Waals surface area contributed by atoms with E-state index in [-0.39, 0.29) is 29.8 Å². The summed E-state index contributed by atoms with van der Waals surface area (Å²) in [5.74, 6) is 1.07. The predicted octanol–water partition coefficient (Wildman–Crippen LogP) is 1.52. The Morgan fingerprint density at radius 1 is 1.18 bits per heavy atom. The molecule has 152 valence electrons. The van der Waals surface area contributed by atoms with Crippen LogP contribution in [0.5, 0.6) is 11.5 Å². The molecular weight excluding hydrogens is 360 g/mol. The van der Waals surface area contributed by atoms with Crippen LogP contribution >= 0.6 is 0 Å². The highest BCUT2D eigenvalue weighted by Crippen LogP contribution is 2.41. The van der Waals surface area contributed by atoms with E-state index in [4.69, 9.17) is 14.2 Å². The third-order valence-corrected chi connectivity index (χ3v) is 6.00. The first-order valence-corrected chi connectivity index (χ1v) is 10.0. The lowest BCUT2D eigenvalue weighted by molar-refractivity contribution is -0.135. The fourth-order valence-electron chi connectivity index (χ4n) is 4.21. The second-order valence-corrected chi connectivity index (χ2v) is 7.81. The van der Waals surface area contributed by atoms with Crippen molar-refractivity contribution in [3.05, 3.63) is 23.3 Å². The molecule has 3 atom stereocenters. The largest absolute Gasteiger partial charge is 0.493 e. The van der Waals surface area contributed by atoms with E-state index in [1.165, 1.54) is 5.56 Å². The zero-order chi connectivity index (χ0) is 19.7. The molecule has 28 heavy (non-hydrogen) atoms. The number of methoxy groups -OCH3 is 2. The number of hydrogen-bond donors (Lipinski definition) is 1. The monoisotopic (exact) mass is 388 g/mol. The summed E-state index contributed by atoms with van der Waals surface area (Å²) in [6.45, 7) is 2.55. The summed E-state index contributed by atoms with van der Waals surface area (Å²) in [5, 5.41) is 2.95. The number of hydrogen-bond acceptors (Lipinski definition) is 5. The SMILES string of the molecule is COc1cc2c(cc1OC)CN(C(=O)C1CC1C(=O)NCC1CCCO1)CC2. The van der Waals surface area contributed by atoms with Gasteiger partial charge in [0.25, 0.3) is 0 Å². The Hall–Kier alpha value is -2.28. The number of fused-ring (bicyclic) bond motifs is 1. The molecule has 1 aliphatic carbocycles. The van der Waals surface area contributed by atoms with Gasteiger partial charge in [0.05, 0.1) is 32.2 Å². The summed E-state index contributed by atoms with van der Waals surface area (Å²) in [5.41, 5.74) is 2.26. The van der Waals surface area contributed by atoms with Gasteiger partial charge in [-0.15, -0.1) is 0 Å². The van der Waals surface area contributed by atoms with Crippen molar-refractivity contribution in [1.82, 2.24) is 10.2 Å². The van der Waals surface area contributed by atoms with Crippen LogP contribution in [0.1, 0.15) is 30.4 Å². The third-order valence-electron chi connectivity index (χ3n) is 6.00. The minimum Gasteiger partial charge on any atom is -0.493 e. The number of nitrogens with one attached hydrogen (secondary N) is 1. The molecular formula is C21H28N2O5. The molecule has 1 aromatic carbocycles. The average Bonchev–Trinajstić information content (AvgIpc) is 3.36. The Morgan fingerprint density at radius 2 is 1.93 bits per heavy atom. The molecule has 0 radical (unpaired) electrons. The molecule has 7 nitrogen and oxygen atoms in total. The Kier molecular flexibility index (Phi) is 5.44. The predicted molar refractivity (Wildman–Crippen MR) is 102 cm³/mol. The summed E-state index contributed by atoms with van der Waals surface area (Å²) >= 11 is 0. The van der Waals surface area contributed by atoms with E-state index in [1.54, 1.807) is 14.2 Å². The van der Waals surface area contributed by atoms with Crippen LogP contribution < -0.4 is 14.8 Å². The fourth-order valence-corrected chi connectivity index (χ4v) is 4.21. The molecule has 2 amide bonds. The normalized spacial score (nSPS) is 25.8. The van der Waals surface area contributed by atoms with Crippen molar-refractivity contribution >= 4 is 11.8 Å². The smallest absolute Gasteiger partial charge is 0.226 e. The highest BCUT2D eigenvalue weighted by Gasteiger charge is 2.49. The average molecular weight is 388 g/mol. The number of ether oxygens (including phenoxy) is 3. The molecule has 0 aromatic heterocycles. The van der Waals surface area contributed by atoms with Crippen molar-refractivity contribution in [2.75, 3.05) is 33.9 Å². The first kappa shape index (κ1) is 19.1. The van der Waals surface area contributed by atoms with Crippen molar-refractivity contribution in [3.8, 4) is 11.5 Å². The Morgan fingerprint density at radius 3 is 2.61 bits per heavy atom. The number of carbonyl (C=O) groups is 2. The first-order valence-electron chi connectivity index (χ1n) is 10.0. The summed E-state index contributed by atoms with van der Waals surface area (Å²) in [7, 11) is 3.24. The minimum absolute atomic E-state index is 0.0161. The van der Waals surface area contributed by atoms with Gasteiger partial charge < -0.3 is 24.4 Å². The summed E-state index contributed by atoms with van der Waals surface area (Å²) < 4.78 is 16.3. The van der Waals surface area contributed by atoms with E-state index < -0.39 is 0 Å². The first-order chi connectivity index (χ1) is 13.6. The maximum Gasteiger partial charge on any atom is 0.226 e.